The molecular formula is C74H102N20O15. The number of likely N-dealkylation sites (tertiary alicyclic amines) is 1. The first-order valence-corrected chi connectivity index (χ1v) is 36.0. The first-order chi connectivity index (χ1) is 51.8. The molecule has 6 rings (SSSR count). The molecule has 0 radical (unpaired) electrons. The lowest BCUT2D eigenvalue weighted by Gasteiger charge is -2.29. The van der Waals surface area contributed by atoms with E-state index in [1.807, 2.05) is 13.8 Å². The number of nitrogens with one attached hydrogen (secondary N) is 15. The van der Waals surface area contributed by atoms with Crippen LogP contribution in [0.4, 0.5) is 0 Å². The molecule has 0 unspecified atom stereocenters. The summed E-state index contributed by atoms with van der Waals surface area (Å²) in [5, 5.41) is 67.2. The summed E-state index contributed by atoms with van der Waals surface area (Å²) in [6, 6.07) is 15.9. The maximum Gasteiger partial charge on any atom is 0.305 e. The second-order valence-corrected chi connectivity index (χ2v) is 27.4. The summed E-state index contributed by atoms with van der Waals surface area (Å²) in [4.78, 5) is 186. The molecule has 4 aromatic carbocycles. The highest BCUT2D eigenvalue weighted by molar-refractivity contribution is 6.00. The van der Waals surface area contributed by atoms with Gasteiger partial charge in [-0.3, -0.25) is 73.1 Å². The maximum atomic E-state index is 15.1. The van der Waals surface area contributed by atoms with Crippen molar-refractivity contribution in [3.8, 4) is 5.75 Å². The first kappa shape index (κ1) is 85.8. The number of nitrogens with zero attached hydrogens (tertiary/aromatic N) is 1. The van der Waals surface area contributed by atoms with Gasteiger partial charge < -0.3 is 107 Å². The number of carboxylic acid groups (broad SMARTS) is 1. The van der Waals surface area contributed by atoms with E-state index in [0.717, 1.165) is 0 Å². The number of H-pyrrole nitrogens is 1. The van der Waals surface area contributed by atoms with Crippen LogP contribution in [0.2, 0.25) is 0 Å². The fraction of sp³-hybridized carbons (Fsp3) is 0.446. The second-order valence-electron chi connectivity index (χ2n) is 27.4. The average Bonchev–Trinajstić information content (AvgIpc) is 1.66. The van der Waals surface area contributed by atoms with Crippen LogP contribution in [-0.4, -0.2) is 202 Å². The van der Waals surface area contributed by atoms with Gasteiger partial charge in [0, 0.05) is 56.0 Å². The molecule has 5 aromatic rings. The molecule has 0 bridgehead atoms. The van der Waals surface area contributed by atoms with Crippen LogP contribution in [-0.2, 0) is 88.0 Å². The van der Waals surface area contributed by atoms with Gasteiger partial charge in [0.2, 0.25) is 70.9 Å². The van der Waals surface area contributed by atoms with Gasteiger partial charge in [0.15, 0.2) is 11.9 Å². The third-order valence-corrected chi connectivity index (χ3v) is 17.9. The van der Waals surface area contributed by atoms with Gasteiger partial charge in [-0.05, 0) is 104 Å². The number of aromatic hydroxyl groups is 1. The van der Waals surface area contributed by atoms with Crippen LogP contribution in [0.5, 0.6) is 5.75 Å². The number of phenolic OH excluding ortho intramolecular Hbond substituents is 1. The van der Waals surface area contributed by atoms with Gasteiger partial charge in [-0.2, -0.15) is 0 Å². The molecule has 12 amide bonds. The lowest BCUT2D eigenvalue weighted by Crippen LogP contribution is -2.61. The maximum absolute atomic E-state index is 15.1. The van der Waals surface area contributed by atoms with Crippen molar-refractivity contribution in [2.24, 2.45) is 34.8 Å². The molecule has 0 aliphatic carbocycles. The van der Waals surface area contributed by atoms with Gasteiger partial charge in [0.1, 0.15) is 60.1 Å². The summed E-state index contributed by atoms with van der Waals surface area (Å²) in [6.07, 6.45) is 0.279. The van der Waals surface area contributed by atoms with Gasteiger partial charge in [-0.25, -0.2) is 0 Å². The number of hydrogen-bond acceptors (Lipinski definition) is 17. The van der Waals surface area contributed by atoms with Crippen molar-refractivity contribution in [3.05, 3.63) is 138 Å². The van der Waals surface area contributed by atoms with Gasteiger partial charge in [-0.15, -0.1) is 0 Å². The summed E-state index contributed by atoms with van der Waals surface area (Å²) < 4.78 is 0. The van der Waals surface area contributed by atoms with Crippen LogP contribution in [0, 0.1) is 22.7 Å². The number of carbonyl (C=O) groups is 13. The zero-order valence-electron chi connectivity index (χ0n) is 61.4. The van der Waals surface area contributed by atoms with Crippen LogP contribution in [0.15, 0.2) is 115 Å². The predicted octanol–water partition coefficient (Wildman–Crippen LogP) is -2.24. The lowest BCUT2D eigenvalue weighted by atomic mass is 9.99. The Kier molecular flexibility index (Phi) is 33.7. The van der Waals surface area contributed by atoms with E-state index in [2.05, 4.69) is 68.8 Å². The molecule has 1 fully saturated rings. The van der Waals surface area contributed by atoms with Crippen LogP contribution in [0.25, 0.3) is 10.9 Å². The molecule has 0 saturated carbocycles. The molecule has 25 N–H and O–H groups in total. The summed E-state index contributed by atoms with van der Waals surface area (Å²) in [5.41, 5.74) is 25.5. The number of aromatic amines is 1. The van der Waals surface area contributed by atoms with Gasteiger partial charge in [-0.1, -0.05) is 119 Å². The smallest absolute Gasteiger partial charge is 0.305 e. The molecule has 1 aliphatic heterocycles. The van der Waals surface area contributed by atoms with E-state index in [-0.39, 0.29) is 95.5 Å². The number of phenols is 1. The molecule has 35 heteroatoms. The number of carboxylic acids is 1. The minimum absolute atomic E-state index is 0.00423. The Balaban J connectivity index is 1.22. The molecule has 2 heterocycles. The number of hydrogen-bond donors (Lipinski definition) is 21. The number of carbonyl (C=O) groups excluding carboxylic acids is 12. The molecule has 35 nitrogen and oxygen atoms in total. The zero-order valence-corrected chi connectivity index (χ0v) is 61.4. The second kappa shape index (κ2) is 42.8. The number of guanidine groups is 2. The number of nitrogens with two attached hydrogens (primary N) is 4. The first-order valence-electron chi connectivity index (χ1n) is 36.0. The van der Waals surface area contributed by atoms with E-state index >= 15 is 4.79 Å². The Morgan fingerprint density at radius 3 is 1.51 bits per heavy atom. The van der Waals surface area contributed by atoms with Crippen molar-refractivity contribution in [2.45, 2.75) is 165 Å². The van der Waals surface area contributed by atoms with Crippen LogP contribution >= 0.6 is 0 Å². The number of rotatable bonds is 43. The summed E-state index contributed by atoms with van der Waals surface area (Å²) >= 11 is 0. The quantitative estimate of drug-likeness (QED) is 0.0111. The van der Waals surface area contributed by atoms with E-state index in [4.69, 9.17) is 33.8 Å². The highest BCUT2D eigenvalue weighted by Crippen LogP contribution is 2.22. The summed E-state index contributed by atoms with van der Waals surface area (Å²) in [5.74, 6) is -13.3. The molecule has 10 atom stereocenters. The van der Waals surface area contributed by atoms with Gasteiger partial charge >= 0.3 is 5.97 Å². The number of aliphatic carboxylic acids is 1. The standard InChI is InChI=1S/C74H102N20O15/c1-41(2)32-53(92-72(109)62(42(3)4)93-63(100)49(75)33-45-25-27-47(95)28-26-45)64(101)85-40-60(97)94-31-15-24-58(94)71(108)91-55(35-44-18-9-6-10-19-44)68(105)86-52(23-14-30-82-74(79)80)67(104)89-56(36-46-38-83-50-21-12-11-20-48(46)50)69(106)90-57(37-61(98)99)70(107)87-51(22-13-29-81-73(77)78)66(103)88-54(65(102)84-39-59(76)96)34-43-16-7-5-8-17-43/h5-12,16-21,25-28,38,41-42,49,51-58,62,83,95H,13-15,22-24,29-37,39-40,75H2,1-4H3,(H2,76,96)(H,84,102)(H,85,101)(H,86,105)(H,87,107)(H,88,103)(H,89,104)(H,90,106)(H,91,108)(H,92,109)(H,93,100)(H,98,99)(H4,77,78,81)(H4,79,80,82)/t49-,51-,52-,53-,54-,55-,56-,57-,58-,62-/m0/s1. The monoisotopic (exact) mass is 1510 g/mol. The third kappa shape index (κ3) is 28.6. The van der Waals surface area contributed by atoms with Crippen molar-refractivity contribution < 1.29 is 72.5 Å². The number of amides is 12. The van der Waals surface area contributed by atoms with Gasteiger partial charge in [0.25, 0.3) is 0 Å². The van der Waals surface area contributed by atoms with Crippen molar-refractivity contribution in [1.29, 1.82) is 10.8 Å². The predicted molar refractivity (Wildman–Crippen MR) is 402 cm³/mol. The van der Waals surface area contributed by atoms with Crippen molar-refractivity contribution in [3.63, 3.8) is 0 Å². The molecule has 0 spiro atoms. The third-order valence-electron chi connectivity index (χ3n) is 17.9. The molecule has 1 saturated heterocycles. The Morgan fingerprint density at radius 1 is 0.514 bits per heavy atom. The summed E-state index contributed by atoms with van der Waals surface area (Å²) in [7, 11) is 0. The highest BCUT2D eigenvalue weighted by atomic mass is 16.4. The van der Waals surface area contributed by atoms with Crippen molar-refractivity contribution in [1.82, 2.24) is 73.7 Å². The largest absolute Gasteiger partial charge is 0.508 e. The lowest BCUT2D eigenvalue weighted by molar-refractivity contribution is -0.141. The number of para-hydroxylation sites is 1. The molecule has 588 valence electrons. The Hall–Kier alpha value is -12.2. The van der Waals surface area contributed by atoms with Crippen molar-refractivity contribution in [2.75, 3.05) is 32.7 Å². The molecule has 1 aromatic heterocycles. The highest BCUT2D eigenvalue weighted by Gasteiger charge is 2.39. The topological polar surface area (TPSA) is 578 Å². The minimum Gasteiger partial charge on any atom is -0.508 e. The summed E-state index contributed by atoms with van der Waals surface area (Å²) in [6.45, 7) is 5.94. The van der Waals surface area contributed by atoms with Crippen molar-refractivity contribution >= 4 is 99.7 Å². The minimum atomic E-state index is -1.97. The van der Waals surface area contributed by atoms with E-state index in [9.17, 15) is 67.7 Å². The Morgan fingerprint density at radius 2 is 0.982 bits per heavy atom. The van der Waals surface area contributed by atoms with E-state index < -0.39 is 175 Å². The molecule has 1 aliphatic rings. The number of aromatic nitrogens is 1. The molecule has 109 heavy (non-hydrogen) atoms. The Labute approximate surface area is 630 Å². The number of benzene rings is 4. The van der Waals surface area contributed by atoms with E-state index in [1.165, 1.54) is 17.0 Å². The number of fused-ring (bicyclic) bond motifs is 1. The van der Waals surface area contributed by atoms with Crippen LogP contribution in [0.1, 0.15) is 101 Å². The average molecular weight is 1510 g/mol. The zero-order chi connectivity index (χ0) is 79.9. The fourth-order valence-electron chi connectivity index (χ4n) is 12.2. The normalized spacial score (nSPS) is 15.0. The molecular weight excluding hydrogens is 1410 g/mol. The van der Waals surface area contributed by atoms with E-state index in [0.29, 0.717) is 39.6 Å². The van der Waals surface area contributed by atoms with Crippen LogP contribution < -0.4 is 86.7 Å². The number of primary amides is 1. The van der Waals surface area contributed by atoms with Crippen LogP contribution in [0.3, 0.4) is 0 Å². The Bertz CT molecular complexity index is 3990. The fourth-order valence-corrected chi connectivity index (χ4v) is 12.2. The van der Waals surface area contributed by atoms with E-state index in [1.54, 1.807) is 117 Å². The SMILES string of the molecule is CC(C)C[C@H](NC(=O)[C@@H](NC(=O)[C@@H](N)Cc1ccc(O)cc1)C(C)C)C(=O)NCC(=O)N1CCC[C@H]1C(=O)N[C@@H](Cc1ccccc1)C(=O)N[C@@H](CCCNC(=N)N)C(=O)N[C@@H](Cc1c[nH]c2ccccc12)C(=O)N[C@@H](CC(=O)O)C(=O)N[C@@H](CCCNC(=N)N)C(=O)N[C@@H](Cc1ccccc1)C(=O)NCC(N)=O. The van der Waals surface area contributed by atoms with Gasteiger partial charge in [0.05, 0.1) is 25.6 Å².